The van der Waals surface area contributed by atoms with Gasteiger partial charge in [0.15, 0.2) is 0 Å². The Morgan fingerprint density at radius 3 is 2.44 bits per heavy atom. The van der Waals surface area contributed by atoms with E-state index in [1.807, 2.05) is 0 Å². The summed E-state index contributed by atoms with van der Waals surface area (Å²) in [6, 6.07) is 7.51. The van der Waals surface area contributed by atoms with Crippen LogP contribution in [0.5, 0.6) is 0 Å². The first-order valence-electron chi connectivity index (χ1n) is 8.12. The molecule has 134 valence electrons. The second-order valence-corrected chi connectivity index (χ2v) is 7.97. The fraction of sp³-hybridized carbons (Fsp3) is 0.333. The summed E-state index contributed by atoms with van der Waals surface area (Å²) in [7, 11) is -4.25. The molecule has 0 N–H and O–H groups in total. The first-order chi connectivity index (χ1) is 11.9. The van der Waals surface area contributed by atoms with Crippen molar-refractivity contribution in [1.29, 1.82) is 0 Å². The van der Waals surface area contributed by atoms with Crippen LogP contribution in [0.3, 0.4) is 0 Å². The zero-order valence-corrected chi connectivity index (χ0v) is 14.3. The molecule has 0 unspecified atom stereocenters. The van der Waals surface area contributed by atoms with Crippen LogP contribution in [0.4, 0.5) is 13.2 Å². The SMILES string of the molecule is O=S(=O)(c1cc(F)ccc1F)N1CCCCC[C@H]1c1cccc(F)c1. The fourth-order valence-corrected chi connectivity index (χ4v) is 4.98. The molecular weight excluding hydrogens is 351 g/mol. The Morgan fingerprint density at radius 1 is 0.920 bits per heavy atom. The molecule has 0 saturated carbocycles. The monoisotopic (exact) mass is 369 g/mol. The van der Waals surface area contributed by atoms with Gasteiger partial charge in [-0.3, -0.25) is 0 Å². The van der Waals surface area contributed by atoms with Crippen LogP contribution in [0, 0.1) is 17.5 Å². The van der Waals surface area contributed by atoms with E-state index in [-0.39, 0.29) is 6.54 Å². The Hall–Kier alpha value is -1.86. The Bertz CT molecular complexity index is 870. The van der Waals surface area contributed by atoms with Crippen molar-refractivity contribution >= 4 is 10.0 Å². The first-order valence-corrected chi connectivity index (χ1v) is 9.56. The van der Waals surface area contributed by atoms with E-state index in [1.54, 1.807) is 6.07 Å². The van der Waals surface area contributed by atoms with E-state index in [0.717, 1.165) is 25.0 Å². The average Bonchev–Trinajstić information content (AvgIpc) is 2.83. The molecule has 1 saturated heterocycles. The highest BCUT2D eigenvalue weighted by Crippen LogP contribution is 2.35. The molecule has 0 aromatic heterocycles. The van der Waals surface area contributed by atoms with E-state index in [2.05, 4.69) is 0 Å². The number of nitrogens with zero attached hydrogens (tertiary/aromatic N) is 1. The average molecular weight is 369 g/mol. The summed E-state index contributed by atoms with van der Waals surface area (Å²) < 4.78 is 68.4. The van der Waals surface area contributed by atoms with E-state index in [1.165, 1.54) is 22.5 Å². The quantitative estimate of drug-likeness (QED) is 0.804. The Balaban J connectivity index is 2.08. The number of hydrogen-bond acceptors (Lipinski definition) is 2. The summed E-state index contributed by atoms with van der Waals surface area (Å²) in [5.74, 6) is -2.28. The molecular formula is C18H18F3NO2S. The van der Waals surface area contributed by atoms with Gasteiger partial charge < -0.3 is 0 Å². The number of halogens is 3. The molecule has 3 nitrogen and oxygen atoms in total. The van der Waals surface area contributed by atoms with Crippen LogP contribution >= 0.6 is 0 Å². The Kier molecular flexibility index (Phi) is 5.15. The standard InChI is InChI=1S/C18H18F3NO2S/c19-14-6-4-5-13(11-14)17-7-2-1-3-10-22(17)25(23,24)18-12-15(20)8-9-16(18)21/h4-6,8-9,11-12,17H,1-3,7,10H2/t17-/m0/s1. The third-order valence-electron chi connectivity index (χ3n) is 4.42. The van der Waals surface area contributed by atoms with E-state index in [0.29, 0.717) is 24.5 Å². The van der Waals surface area contributed by atoms with Gasteiger partial charge in [0.25, 0.3) is 0 Å². The zero-order valence-electron chi connectivity index (χ0n) is 13.5. The van der Waals surface area contributed by atoms with Gasteiger partial charge >= 0.3 is 0 Å². The fourth-order valence-electron chi connectivity index (χ4n) is 3.22. The molecule has 1 aliphatic rings. The molecule has 0 radical (unpaired) electrons. The minimum absolute atomic E-state index is 0.180. The maximum atomic E-state index is 14.1. The molecule has 1 atom stereocenters. The van der Waals surface area contributed by atoms with Crippen molar-refractivity contribution in [3.05, 3.63) is 65.5 Å². The second kappa shape index (κ2) is 7.17. The molecule has 25 heavy (non-hydrogen) atoms. The van der Waals surface area contributed by atoms with Gasteiger partial charge in [0, 0.05) is 6.54 Å². The van der Waals surface area contributed by atoms with Gasteiger partial charge in [-0.05, 0) is 48.7 Å². The maximum Gasteiger partial charge on any atom is 0.246 e. The minimum Gasteiger partial charge on any atom is -0.207 e. The van der Waals surface area contributed by atoms with Gasteiger partial charge in [0.1, 0.15) is 22.3 Å². The topological polar surface area (TPSA) is 37.4 Å². The largest absolute Gasteiger partial charge is 0.246 e. The molecule has 2 aromatic rings. The highest BCUT2D eigenvalue weighted by molar-refractivity contribution is 7.89. The predicted molar refractivity (Wildman–Crippen MR) is 87.9 cm³/mol. The highest BCUT2D eigenvalue weighted by atomic mass is 32.2. The summed E-state index contributed by atoms with van der Waals surface area (Å²) in [6.07, 6.45) is 2.71. The lowest BCUT2D eigenvalue weighted by Gasteiger charge is -2.29. The molecule has 0 spiro atoms. The van der Waals surface area contributed by atoms with E-state index >= 15 is 0 Å². The summed E-state index contributed by atoms with van der Waals surface area (Å²) in [4.78, 5) is -0.684. The molecule has 0 aliphatic carbocycles. The Morgan fingerprint density at radius 2 is 1.68 bits per heavy atom. The number of benzene rings is 2. The second-order valence-electron chi connectivity index (χ2n) is 6.11. The lowest BCUT2D eigenvalue weighted by atomic mass is 10.0. The predicted octanol–water partition coefficient (Wildman–Crippen LogP) is 4.41. The molecule has 0 amide bonds. The van der Waals surface area contributed by atoms with Gasteiger partial charge in [-0.25, -0.2) is 21.6 Å². The lowest BCUT2D eigenvalue weighted by molar-refractivity contribution is 0.326. The molecule has 1 fully saturated rings. The first kappa shape index (κ1) is 17.9. The zero-order chi connectivity index (χ0) is 18.0. The van der Waals surface area contributed by atoms with Crippen LogP contribution in [-0.2, 0) is 10.0 Å². The van der Waals surface area contributed by atoms with Crippen LogP contribution in [0.25, 0.3) is 0 Å². The lowest BCUT2D eigenvalue weighted by Crippen LogP contribution is -2.35. The summed E-state index contributed by atoms with van der Waals surface area (Å²) in [6.45, 7) is 0.180. The van der Waals surface area contributed by atoms with Gasteiger partial charge in [-0.2, -0.15) is 4.31 Å². The van der Waals surface area contributed by atoms with E-state index in [9.17, 15) is 21.6 Å². The summed E-state index contributed by atoms with van der Waals surface area (Å²) in [5.41, 5.74) is 0.516. The van der Waals surface area contributed by atoms with Crippen molar-refractivity contribution in [1.82, 2.24) is 4.31 Å². The van der Waals surface area contributed by atoms with Gasteiger partial charge in [0.2, 0.25) is 10.0 Å². The van der Waals surface area contributed by atoms with Crippen molar-refractivity contribution < 1.29 is 21.6 Å². The number of hydrogen-bond donors (Lipinski definition) is 0. The third kappa shape index (κ3) is 3.72. The highest BCUT2D eigenvalue weighted by Gasteiger charge is 2.35. The van der Waals surface area contributed by atoms with Crippen LogP contribution < -0.4 is 0 Å². The van der Waals surface area contributed by atoms with Crippen LogP contribution in [-0.4, -0.2) is 19.3 Å². The van der Waals surface area contributed by atoms with E-state index < -0.39 is 38.4 Å². The Labute approximate surface area is 145 Å². The molecule has 2 aromatic carbocycles. The third-order valence-corrected chi connectivity index (χ3v) is 6.34. The van der Waals surface area contributed by atoms with Gasteiger partial charge in [0.05, 0.1) is 6.04 Å². The van der Waals surface area contributed by atoms with Crippen molar-refractivity contribution in [2.24, 2.45) is 0 Å². The van der Waals surface area contributed by atoms with Crippen LogP contribution in [0.2, 0.25) is 0 Å². The van der Waals surface area contributed by atoms with Crippen molar-refractivity contribution in [2.45, 2.75) is 36.6 Å². The minimum atomic E-state index is -4.25. The van der Waals surface area contributed by atoms with Crippen LogP contribution in [0.1, 0.15) is 37.3 Å². The van der Waals surface area contributed by atoms with Crippen LogP contribution in [0.15, 0.2) is 47.4 Å². The molecule has 7 heteroatoms. The molecule has 1 heterocycles. The number of sulfonamides is 1. The van der Waals surface area contributed by atoms with Gasteiger partial charge in [-0.1, -0.05) is 25.0 Å². The molecule has 1 aliphatic heterocycles. The summed E-state index contributed by atoms with van der Waals surface area (Å²) in [5, 5.41) is 0. The van der Waals surface area contributed by atoms with Crippen molar-refractivity contribution in [2.75, 3.05) is 6.54 Å². The number of rotatable bonds is 3. The van der Waals surface area contributed by atoms with Crippen molar-refractivity contribution in [3.8, 4) is 0 Å². The molecule has 3 rings (SSSR count). The summed E-state index contributed by atoms with van der Waals surface area (Å²) >= 11 is 0. The maximum absolute atomic E-state index is 14.1. The van der Waals surface area contributed by atoms with Gasteiger partial charge in [-0.15, -0.1) is 0 Å². The smallest absolute Gasteiger partial charge is 0.207 e. The van der Waals surface area contributed by atoms with E-state index in [4.69, 9.17) is 0 Å². The molecule has 0 bridgehead atoms. The van der Waals surface area contributed by atoms with Crippen molar-refractivity contribution in [3.63, 3.8) is 0 Å². The normalized spacial score (nSPS) is 19.6.